The van der Waals surface area contributed by atoms with Crippen molar-refractivity contribution in [3.63, 3.8) is 0 Å². The molecule has 3 rings (SSSR count). The van der Waals surface area contributed by atoms with Crippen molar-refractivity contribution in [1.29, 1.82) is 21.0 Å². The van der Waals surface area contributed by atoms with Gasteiger partial charge in [-0.3, -0.25) is 0 Å². The molecule has 0 amide bonds. The summed E-state index contributed by atoms with van der Waals surface area (Å²) in [4.78, 5) is 0. The number of benzene rings is 1. The highest BCUT2D eigenvalue weighted by Crippen LogP contribution is 2.52. The van der Waals surface area contributed by atoms with Gasteiger partial charge < -0.3 is 4.74 Å². The fourth-order valence-corrected chi connectivity index (χ4v) is 3.65. The van der Waals surface area contributed by atoms with Crippen LogP contribution in [0.15, 0.2) is 64.7 Å². The molecule has 128 valence electrons. The summed E-state index contributed by atoms with van der Waals surface area (Å²) in [6.07, 6.45) is 3.61. The summed E-state index contributed by atoms with van der Waals surface area (Å²) >= 11 is 0. The molecule has 1 aliphatic heterocycles. The summed E-state index contributed by atoms with van der Waals surface area (Å²) in [7, 11) is 0. The Bertz CT molecular complexity index is 1070. The van der Waals surface area contributed by atoms with Crippen molar-refractivity contribution < 1.29 is 4.74 Å². The van der Waals surface area contributed by atoms with Gasteiger partial charge in [-0.1, -0.05) is 24.3 Å². The van der Waals surface area contributed by atoms with Crippen LogP contribution in [0.2, 0.25) is 0 Å². The monoisotopic (exact) mass is 350 g/mol. The van der Waals surface area contributed by atoms with E-state index in [-0.39, 0.29) is 5.57 Å². The Balaban J connectivity index is 2.48. The van der Waals surface area contributed by atoms with Crippen molar-refractivity contribution in [1.82, 2.24) is 0 Å². The van der Waals surface area contributed by atoms with Crippen LogP contribution in [0.1, 0.15) is 30.9 Å². The van der Waals surface area contributed by atoms with E-state index in [9.17, 15) is 21.0 Å². The first-order valence-electron chi connectivity index (χ1n) is 8.27. The summed E-state index contributed by atoms with van der Waals surface area (Å²) in [5.74, 6) is -0.181. The highest BCUT2D eigenvalue weighted by atomic mass is 16.5. The molecule has 0 N–H and O–H groups in total. The summed E-state index contributed by atoms with van der Waals surface area (Å²) in [5, 5.41) is 38.2. The second-order valence-electron chi connectivity index (χ2n) is 6.26. The summed E-state index contributed by atoms with van der Waals surface area (Å²) in [6.45, 7) is 3.61. The number of ether oxygens (including phenoxy) is 1. The van der Waals surface area contributed by atoms with Crippen molar-refractivity contribution in [2.45, 2.75) is 19.8 Å². The molecule has 0 spiro atoms. The van der Waals surface area contributed by atoms with E-state index in [4.69, 9.17) is 4.74 Å². The Hall–Kier alpha value is -4.06. The lowest BCUT2D eigenvalue weighted by molar-refractivity contribution is 0.304. The maximum atomic E-state index is 9.57. The van der Waals surface area contributed by atoms with Crippen LogP contribution in [0.5, 0.6) is 0 Å². The zero-order valence-electron chi connectivity index (χ0n) is 14.8. The molecule has 1 atom stereocenters. The van der Waals surface area contributed by atoms with Crippen LogP contribution in [-0.4, -0.2) is 0 Å². The van der Waals surface area contributed by atoms with Gasteiger partial charge in [0.1, 0.15) is 35.1 Å². The minimum absolute atomic E-state index is 0.0364. The number of nitrogens with zero attached hydrogens (tertiary/aromatic N) is 4. The molecule has 1 unspecified atom stereocenters. The fourth-order valence-electron chi connectivity index (χ4n) is 3.65. The number of allylic oxidation sites excluding steroid dienone is 8. The molecule has 0 radical (unpaired) electrons. The first-order chi connectivity index (χ1) is 13.0. The van der Waals surface area contributed by atoms with Gasteiger partial charge >= 0.3 is 0 Å². The fraction of sp³-hybridized carbons (Fsp3) is 0.182. The number of rotatable bonds is 1. The van der Waals surface area contributed by atoms with E-state index in [2.05, 4.69) is 12.1 Å². The second kappa shape index (κ2) is 7.05. The van der Waals surface area contributed by atoms with Gasteiger partial charge in [0.25, 0.3) is 0 Å². The number of hydrogen-bond donors (Lipinski definition) is 0. The molecule has 2 aliphatic rings. The maximum Gasteiger partial charge on any atom is 0.144 e. The Labute approximate surface area is 157 Å². The van der Waals surface area contributed by atoms with Crippen molar-refractivity contribution in [2.75, 3.05) is 0 Å². The highest BCUT2D eigenvalue weighted by molar-refractivity contribution is 5.95. The van der Waals surface area contributed by atoms with E-state index >= 15 is 0 Å². The number of nitriles is 4. The molecular weight excluding hydrogens is 336 g/mol. The maximum absolute atomic E-state index is 9.57. The van der Waals surface area contributed by atoms with E-state index < -0.39 is 11.8 Å². The molecule has 1 heterocycles. The van der Waals surface area contributed by atoms with E-state index in [1.54, 1.807) is 26.0 Å². The van der Waals surface area contributed by atoms with Crippen LogP contribution in [0.25, 0.3) is 5.57 Å². The molecule has 5 heteroatoms. The van der Waals surface area contributed by atoms with Gasteiger partial charge in [0.2, 0.25) is 0 Å². The SMILES string of the molecule is CC1=CC(=C2C(=C(C#N)C#N)c3ccccc3C2C(C#N)C#N)C=C(C)O1. The van der Waals surface area contributed by atoms with Gasteiger partial charge in [0.05, 0.1) is 12.1 Å². The number of hydrogen-bond acceptors (Lipinski definition) is 5. The molecule has 0 fully saturated rings. The minimum atomic E-state index is -0.949. The molecular formula is C22H14N4O. The smallest absolute Gasteiger partial charge is 0.144 e. The van der Waals surface area contributed by atoms with Crippen LogP contribution in [0.3, 0.4) is 0 Å². The van der Waals surface area contributed by atoms with Gasteiger partial charge in [-0.15, -0.1) is 0 Å². The van der Waals surface area contributed by atoms with Crippen molar-refractivity contribution in [3.05, 3.63) is 75.8 Å². The van der Waals surface area contributed by atoms with Crippen LogP contribution in [-0.2, 0) is 4.74 Å². The lowest BCUT2D eigenvalue weighted by Gasteiger charge is -2.20. The molecule has 27 heavy (non-hydrogen) atoms. The zero-order valence-corrected chi connectivity index (χ0v) is 14.8. The summed E-state index contributed by atoms with van der Waals surface area (Å²) < 4.78 is 5.56. The van der Waals surface area contributed by atoms with Gasteiger partial charge in [0.15, 0.2) is 0 Å². The highest BCUT2D eigenvalue weighted by Gasteiger charge is 2.40. The Kier molecular flexibility index (Phi) is 4.64. The molecule has 0 aromatic heterocycles. The third kappa shape index (κ3) is 2.89. The first kappa shape index (κ1) is 17.8. The molecule has 0 bridgehead atoms. The molecule has 0 saturated carbocycles. The lowest BCUT2D eigenvalue weighted by Crippen LogP contribution is -2.11. The predicted molar refractivity (Wildman–Crippen MR) is 97.7 cm³/mol. The quantitative estimate of drug-likeness (QED) is 0.699. The Morgan fingerprint density at radius 2 is 1.56 bits per heavy atom. The van der Waals surface area contributed by atoms with E-state index in [1.807, 2.05) is 36.4 Å². The average molecular weight is 350 g/mol. The molecule has 5 nitrogen and oxygen atoms in total. The van der Waals surface area contributed by atoms with E-state index in [0.29, 0.717) is 28.2 Å². The first-order valence-corrected chi connectivity index (χ1v) is 8.27. The van der Waals surface area contributed by atoms with Crippen molar-refractivity contribution >= 4 is 5.57 Å². The summed E-state index contributed by atoms with van der Waals surface area (Å²) in [5.41, 5.74) is 3.32. The van der Waals surface area contributed by atoms with Gasteiger partial charge in [-0.2, -0.15) is 21.0 Å². The van der Waals surface area contributed by atoms with Crippen LogP contribution >= 0.6 is 0 Å². The second-order valence-corrected chi connectivity index (χ2v) is 6.26. The third-order valence-corrected chi connectivity index (χ3v) is 4.58. The molecule has 1 aromatic rings. The van der Waals surface area contributed by atoms with Crippen molar-refractivity contribution in [2.24, 2.45) is 5.92 Å². The minimum Gasteiger partial charge on any atom is -0.467 e. The Morgan fingerprint density at radius 3 is 2.11 bits per heavy atom. The molecule has 1 aromatic carbocycles. The standard InChI is InChI=1S/C22H14N4O/c1-13-7-15(8-14(2)27-13)22-20(16(9-23)10-24)18-5-3-4-6-19(18)21(22)17(11-25)12-26/h3-8,16,20H,1-2H3. The van der Waals surface area contributed by atoms with Crippen LogP contribution in [0, 0.1) is 51.2 Å². The average Bonchev–Trinajstić information content (AvgIpc) is 2.99. The normalized spacial score (nSPS) is 17.6. The molecule has 1 aliphatic carbocycles. The van der Waals surface area contributed by atoms with Gasteiger partial charge in [0, 0.05) is 11.5 Å². The zero-order chi connectivity index (χ0) is 19.6. The van der Waals surface area contributed by atoms with Gasteiger partial charge in [-0.05, 0) is 48.3 Å². The van der Waals surface area contributed by atoms with E-state index in [0.717, 1.165) is 11.1 Å². The van der Waals surface area contributed by atoms with E-state index in [1.165, 1.54) is 0 Å². The largest absolute Gasteiger partial charge is 0.467 e. The predicted octanol–water partition coefficient (Wildman–Crippen LogP) is 4.38. The Morgan fingerprint density at radius 1 is 0.963 bits per heavy atom. The van der Waals surface area contributed by atoms with Crippen molar-refractivity contribution in [3.8, 4) is 24.3 Å². The molecule has 0 saturated heterocycles. The number of fused-ring (bicyclic) bond motifs is 1. The summed E-state index contributed by atoms with van der Waals surface area (Å²) in [6, 6.07) is 15.4. The van der Waals surface area contributed by atoms with Crippen LogP contribution in [0.4, 0.5) is 0 Å². The third-order valence-electron chi connectivity index (χ3n) is 4.58. The lowest BCUT2D eigenvalue weighted by atomic mass is 9.82. The topological polar surface area (TPSA) is 104 Å². The van der Waals surface area contributed by atoms with Gasteiger partial charge in [-0.25, -0.2) is 0 Å². The van der Waals surface area contributed by atoms with Crippen LogP contribution < -0.4 is 0 Å².